The normalized spacial score (nSPS) is 15.7. The lowest BCUT2D eigenvalue weighted by atomic mass is 10.4. The lowest BCUT2D eigenvalue weighted by molar-refractivity contribution is 0.694. The number of nitrogens with zero attached hydrogens (tertiary/aromatic N) is 1. The Labute approximate surface area is 97.0 Å². The number of aromatic nitrogens is 1. The molecular weight excluding hydrogens is 224 g/mol. The zero-order valence-corrected chi connectivity index (χ0v) is 9.90. The Morgan fingerprint density at radius 3 is 3.13 bits per heavy atom. The molecule has 4 heteroatoms. The zero-order valence-electron chi connectivity index (χ0n) is 8.27. The third-order valence-electron chi connectivity index (χ3n) is 2.46. The van der Waals surface area contributed by atoms with Crippen LogP contribution >= 0.6 is 22.7 Å². The summed E-state index contributed by atoms with van der Waals surface area (Å²) in [5, 5.41) is 8.89. The van der Waals surface area contributed by atoms with E-state index in [0.717, 1.165) is 17.6 Å². The van der Waals surface area contributed by atoms with Crippen molar-refractivity contribution in [2.24, 2.45) is 0 Å². The summed E-state index contributed by atoms with van der Waals surface area (Å²) >= 11 is 3.52. The Kier molecular flexibility index (Phi) is 2.56. The molecule has 2 aromatic heterocycles. The molecular formula is C11H12N2S2. The topological polar surface area (TPSA) is 24.9 Å². The van der Waals surface area contributed by atoms with E-state index in [-0.39, 0.29) is 0 Å². The van der Waals surface area contributed by atoms with Gasteiger partial charge in [0.25, 0.3) is 0 Å². The van der Waals surface area contributed by atoms with Crippen LogP contribution in [0.4, 0.5) is 0 Å². The van der Waals surface area contributed by atoms with Crippen LogP contribution in [0.5, 0.6) is 0 Å². The van der Waals surface area contributed by atoms with Crippen LogP contribution in [0, 0.1) is 0 Å². The van der Waals surface area contributed by atoms with Gasteiger partial charge in [-0.25, -0.2) is 4.98 Å². The summed E-state index contributed by atoms with van der Waals surface area (Å²) in [6, 6.07) is 2.90. The van der Waals surface area contributed by atoms with E-state index in [1.807, 2.05) is 6.20 Å². The van der Waals surface area contributed by atoms with Gasteiger partial charge >= 0.3 is 0 Å². The first kappa shape index (κ1) is 9.51. The van der Waals surface area contributed by atoms with E-state index in [2.05, 4.69) is 27.1 Å². The molecule has 0 unspecified atom stereocenters. The maximum atomic E-state index is 4.44. The van der Waals surface area contributed by atoms with Crippen molar-refractivity contribution in [2.75, 3.05) is 0 Å². The molecule has 0 radical (unpaired) electrons. The van der Waals surface area contributed by atoms with Gasteiger partial charge in [-0.15, -0.1) is 11.3 Å². The number of nitrogens with one attached hydrogen (secondary N) is 1. The summed E-state index contributed by atoms with van der Waals surface area (Å²) in [5.74, 6) is 0. The minimum absolute atomic E-state index is 0.775. The molecule has 0 bridgehead atoms. The fourth-order valence-corrected chi connectivity index (χ4v) is 3.02. The third-order valence-corrected chi connectivity index (χ3v) is 4.19. The van der Waals surface area contributed by atoms with E-state index < -0.39 is 0 Å². The van der Waals surface area contributed by atoms with E-state index in [4.69, 9.17) is 0 Å². The lowest BCUT2D eigenvalue weighted by Gasteiger charge is -1.96. The SMILES string of the molecule is c1cc(-c2ncc(CNC3CC3)s2)cs1. The number of thiophene rings is 1. The van der Waals surface area contributed by atoms with Crippen molar-refractivity contribution < 1.29 is 0 Å². The van der Waals surface area contributed by atoms with Crippen molar-refractivity contribution in [1.82, 2.24) is 10.3 Å². The van der Waals surface area contributed by atoms with Crippen molar-refractivity contribution in [3.63, 3.8) is 0 Å². The largest absolute Gasteiger partial charge is 0.309 e. The maximum Gasteiger partial charge on any atom is 0.124 e. The van der Waals surface area contributed by atoms with Crippen LogP contribution in [0.15, 0.2) is 23.0 Å². The van der Waals surface area contributed by atoms with Gasteiger partial charge in [0.2, 0.25) is 0 Å². The highest BCUT2D eigenvalue weighted by Crippen LogP contribution is 2.27. The van der Waals surface area contributed by atoms with E-state index in [1.165, 1.54) is 23.3 Å². The molecule has 1 aliphatic rings. The molecule has 0 aromatic carbocycles. The van der Waals surface area contributed by atoms with Gasteiger partial charge in [-0.2, -0.15) is 11.3 Å². The molecule has 1 aliphatic carbocycles. The van der Waals surface area contributed by atoms with Crippen molar-refractivity contribution >= 4 is 22.7 Å². The first-order chi connectivity index (χ1) is 7.42. The van der Waals surface area contributed by atoms with Crippen molar-refractivity contribution in [1.29, 1.82) is 0 Å². The first-order valence-corrected chi connectivity index (χ1v) is 6.88. The second-order valence-electron chi connectivity index (χ2n) is 3.80. The van der Waals surface area contributed by atoms with Crippen LogP contribution in [0.25, 0.3) is 10.6 Å². The molecule has 0 spiro atoms. The van der Waals surface area contributed by atoms with Gasteiger partial charge in [-0.1, -0.05) is 0 Å². The number of thiazole rings is 1. The number of rotatable bonds is 4. The van der Waals surface area contributed by atoms with E-state index >= 15 is 0 Å². The molecule has 15 heavy (non-hydrogen) atoms. The Bertz CT molecular complexity index is 429. The summed E-state index contributed by atoms with van der Waals surface area (Å²) in [5.41, 5.74) is 1.25. The average Bonchev–Trinajstić information content (AvgIpc) is 2.78. The van der Waals surface area contributed by atoms with Gasteiger partial charge in [0.15, 0.2) is 0 Å². The zero-order chi connectivity index (χ0) is 10.1. The standard InChI is InChI=1S/C11H12N2S2/c1-2-9(1)12-5-10-6-13-11(15-10)8-3-4-14-7-8/h3-4,6-7,9,12H,1-2,5H2. The van der Waals surface area contributed by atoms with Crippen molar-refractivity contribution in [3.8, 4) is 10.6 Å². The molecule has 1 N–H and O–H groups in total. The predicted molar refractivity (Wildman–Crippen MR) is 65.3 cm³/mol. The number of hydrogen-bond acceptors (Lipinski definition) is 4. The van der Waals surface area contributed by atoms with Gasteiger partial charge in [0, 0.05) is 34.6 Å². The summed E-state index contributed by atoms with van der Waals surface area (Å²) < 4.78 is 0. The molecule has 78 valence electrons. The fourth-order valence-electron chi connectivity index (χ4n) is 1.44. The molecule has 0 saturated heterocycles. The molecule has 0 atom stereocenters. The Morgan fingerprint density at radius 1 is 1.47 bits per heavy atom. The van der Waals surface area contributed by atoms with Crippen LogP contribution in [-0.2, 0) is 6.54 Å². The summed E-state index contributed by atoms with van der Waals surface area (Å²) in [6.45, 7) is 0.979. The van der Waals surface area contributed by atoms with Crippen LogP contribution in [0.1, 0.15) is 17.7 Å². The molecule has 2 aromatic rings. The fraction of sp³-hybridized carbons (Fsp3) is 0.364. The molecule has 3 rings (SSSR count). The Morgan fingerprint density at radius 2 is 2.40 bits per heavy atom. The van der Waals surface area contributed by atoms with Gasteiger partial charge < -0.3 is 5.32 Å². The van der Waals surface area contributed by atoms with Gasteiger partial charge in [-0.05, 0) is 24.3 Å². The quantitative estimate of drug-likeness (QED) is 0.882. The molecule has 2 nitrogen and oxygen atoms in total. The molecule has 1 saturated carbocycles. The minimum atomic E-state index is 0.775. The van der Waals surface area contributed by atoms with Crippen LogP contribution in [0.2, 0.25) is 0 Å². The van der Waals surface area contributed by atoms with Crippen molar-refractivity contribution in [3.05, 3.63) is 27.9 Å². The smallest absolute Gasteiger partial charge is 0.124 e. The summed E-state index contributed by atoms with van der Waals surface area (Å²) in [4.78, 5) is 5.78. The third kappa shape index (κ3) is 2.27. The highest BCUT2D eigenvalue weighted by Gasteiger charge is 2.20. The first-order valence-electron chi connectivity index (χ1n) is 5.12. The van der Waals surface area contributed by atoms with E-state index in [9.17, 15) is 0 Å². The molecule has 2 heterocycles. The molecule has 1 fully saturated rings. The van der Waals surface area contributed by atoms with Crippen LogP contribution in [-0.4, -0.2) is 11.0 Å². The predicted octanol–water partition coefficient (Wildman–Crippen LogP) is 3.12. The molecule has 0 aliphatic heterocycles. The number of hydrogen-bond donors (Lipinski definition) is 1. The van der Waals surface area contributed by atoms with Crippen LogP contribution in [0.3, 0.4) is 0 Å². The second-order valence-corrected chi connectivity index (χ2v) is 5.69. The highest BCUT2D eigenvalue weighted by atomic mass is 32.1. The molecule has 0 amide bonds. The highest BCUT2D eigenvalue weighted by molar-refractivity contribution is 7.15. The average molecular weight is 236 g/mol. The van der Waals surface area contributed by atoms with Crippen LogP contribution < -0.4 is 5.32 Å². The Balaban J connectivity index is 1.69. The van der Waals surface area contributed by atoms with Gasteiger partial charge in [-0.3, -0.25) is 0 Å². The lowest BCUT2D eigenvalue weighted by Crippen LogP contribution is -2.14. The van der Waals surface area contributed by atoms with E-state index in [0.29, 0.717) is 0 Å². The van der Waals surface area contributed by atoms with Crippen molar-refractivity contribution in [2.45, 2.75) is 25.4 Å². The van der Waals surface area contributed by atoms with Gasteiger partial charge in [0.1, 0.15) is 5.01 Å². The Hall–Kier alpha value is -0.710. The van der Waals surface area contributed by atoms with E-state index in [1.54, 1.807) is 22.7 Å². The summed E-state index contributed by atoms with van der Waals surface area (Å²) in [6.07, 6.45) is 4.68. The second kappa shape index (κ2) is 4.04. The summed E-state index contributed by atoms with van der Waals surface area (Å²) in [7, 11) is 0. The maximum absolute atomic E-state index is 4.44. The monoisotopic (exact) mass is 236 g/mol. The minimum Gasteiger partial charge on any atom is -0.309 e. The van der Waals surface area contributed by atoms with Gasteiger partial charge in [0.05, 0.1) is 0 Å².